The summed E-state index contributed by atoms with van der Waals surface area (Å²) in [5.41, 5.74) is 0.363. The highest BCUT2D eigenvalue weighted by molar-refractivity contribution is 6.07. The molecule has 6 heteroatoms. The van der Waals surface area contributed by atoms with Crippen molar-refractivity contribution in [2.24, 2.45) is 0 Å². The molecule has 3 fully saturated rings. The van der Waals surface area contributed by atoms with Crippen LogP contribution in [0.5, 0.6) is 0 Å². The van der Waals surface area contributed by atoms with Crippen molar-refractivity contribution in [1.29, 1.82) is 0 Å². The van der Waals surface area contributed by atoms with Crippen molar-refractivity contribution in [2.75, 3.05) is 33.4 Å². The number of urea groups is 1. The molecular formula is C23H33N3O3. The summed E-state index contributed by atoms with van der Waals surface area (Å²) in [6, 6.07) is 10.5. The minimum Gasteiger partial charge on any atom is -0.383 e. The fourth-order valence-electron chi connectivity index (χ4n) is 5.34. The summed E-state index contributed by atoms with van der Waals surface area (Å²) in [5.74, 6) is -0.0289. The highest BCUT2D eigenvalue weighted by Gasteiger charge is 2.57. The molecule has 1 spiro atoms. The number of carbonyl (C=O) groups is 2. The zero-order chi connectivity index (χ0) is 20.3. The van der Waals surface area contributed by atoms with Crippen molar-refractivity contribution in [3.05, 3.63) is 35.9 Å². The lowest BCUT2D eigenvalue weighted by molar-refractivity contribution is -0.136. The van der Waals surface area contributed by atoms with Crippen LogP contribution in [0.3, 0.4) is 0 Å². The van der Waals surface area contributed by atoms with E-state index in [-0.39, 0.29) is 11.9 Å². The molecule has 1 aliphatic carbocycles. The molecule has 3 amide bonds. The second-order valence-corrected chi connectivity index (χ2v) is 8.66. The lowest BCUT2D eigenvalue weighted by Crippen LogP contribution is -2.57. The first kappa shape index (κ1) is 20.4. The second-order valence-electron chi connectivity index (χ2n) is 8.66. The van der Waals surface area contributed by atoms with Crippen LogP contribution >= 0.6 is 0 Å². The van der Waals surface area contributed by atoms with Gasteiger partial charge in [0.2, 0.25) is 0 Å². The molecule has 3 aliphatic rings. The van der Waals surface area contributed by atoms with Crippen LogP contribution in [0.1, 0.15) is 50.5 Å². The van der Waals surface area contributed by atoms with Crippen LogP contribution in [0.15, 0.2) is 30.3 Å². The molecule has 0 N–H and O–H groups in total. The third kappa shape index (κ3) is 3.92. The van der Waals surface area contributed by atoms with Crippen LogP contribution in [0.2, 0.25) is 0 Å². The van der Waals surface area contributed by atoms with Gasteiger partial charge < -0.3 is 14.5 Å². The Hall–Kier alpha value is -1.92. The van der Waals surface area contributed by atoms with E-state index in [0.717, 1.165) is 31.5 Å². The molecule has 2 saturated heterocycles. The zero-order valence-electron chi connectivity index (χ0n) is 17.5. The Morgan fingerprint density at radius 1 is 1.03 bits per heavy atom. The maximum absolute atomic E-state index is 13.5. The van der Waals surface area contributed by atoms with Gasteiger partial charge >= 0.3 is 6.03 Å². The third-order valence-electron chi connectivity index (χ3n) is 7.04. The van der Waals surface area contributed by atoms with Crippen molar-refractivity contribution in [3.63, 3.8) is 0 Å². The van der Waals surface area contributed by atoms with E-state index in [4.69, 9.17) is 4.74 Å². The lowest BCUT2D eigenvalue weighted by Gasteiger charge is -2.45. The number of methoxy groups -OCH3 is 1. The molecule has 1 aromatic rings. The Balaban J connectivity index is 1.54. The Morgan fingerprint density at radius 3 is 2.38 bits per heavy atom. The molecule has 6 nitrogen and oxygen atoms in total. The Morgan fingerprint density at radius 2 is 1.72 bits per heavy atom. The van der Waals surface area contributed by atoms with Crippen molar-refractivity contribution in [1.82, 2.24) is 14.7 Å². The summed E-state index contributed by atoms with van der Waals surface area (Å²) < 4.78 is 5.15. The van der Waals surface area contributed by atoms with E-state index in [9.17, 15) is 9.59 Å². The molecule has 0 unspecified atom stereocenters. The maximum atomic E-state index is 13.5. The molecule has 0 radical (unpaired) electrons. The monoisotopic (exact) mass is 399 g/mol. The number of benzene rings is 1. The van der Waals surface area contributed by atoms with Gasteiger partial charge in [-0.2, -0.15) is 0 Å². The van der Waals surface area contributed by atoms with Crippen LogP contribution in [0, 0.1) is 0 Å². The Labute approximate surface area is 173 Å². The van der Waals surface area contributed by atoms with Gasteiger partial charge in [-0.15, -0.1) is 0 Å². The lowest BCUT2D eigenvalue weighted by atomic mass is 9.83. The first-order valence-corrected chi connectivity index (χ1v) is 11.1. The van der Waals surface area contributed by atoms with Crippen LogP contribution in [0.4, 0.5) is 4.79 Å². The molecule has 0 bridgehead atoms. The highest BCUT2D eigenvalue weighted by Crippen LogP contribution is 2.39. The summed E-state index contributed by atoms with van der Waals surface area (Å²) in [5, 5.41) is 0. The van der Waals surface area contributed by atoms with Crippen LogP contribution < -0.4 is 0 Å². The van der Waals surface area contributed by atoms with E-state index in [2.05, 4.69) is 4.90 Å². The van der Waals surface area contributed by atoms with Gasteiger partial charge in [-0.1, -0.05) is 49.6 Å². The number of rotatable bonds is 6. The number of likely N-dealkylation sites (tertiary alicyclic amines) is 1. The fraction of sp³-hybridized carbons (Fsp3) is 0.652. The largest absolute Gasteiger partial charge is 0.383 e. The predicted molar refractivity (Wildman–Crippen MR) is 111 cm³/mol. The molecule has 1 saturated carbocycles. The van der Waals surface area contributed by atoms with E-state index in [1.807, 2.05) is 35.2 Å². The topological polar surface area (TPSA) is 53.1 Å². The number of imide groups is 1. The number of hydrogen-bond acceptors (Lipinski definition) is 4. The number of carbonyl (C=O) groups excluding carboxylic acids is 2. The number of ether oxygens (including phenoxy) is 1. The second kappa shape index (κ2) is 8.84. The van der Waals surface area contributed by atoms with Crippen molar-refractivity contribution >= 4 is 11.9 Å². The van der Waals surface area contributed by atoms with Gasteiger partial charge in [-0.3, -0.25) is 9.69 Å². The average Bonchev–Trinajstić information content (AvgIpc) is 2.95. The number of amides is 3. The molecule has 2 heterocycles. The van der Waals surface area contributed by atoms with E-state index < -0.39 is 5.54 Å². The standard InChI is InChI=1S/C23H33N3O3/c1-29-17-16-25-21(27)23(26(22(25)28)18-19-8-4-2-5-9-19)12-14-24(15-13-23)20-10-6-3-7-11-20/h2,4-5,8-9,20H,3,6-7,10-18H2,1H3. The van der Waals surface area contributed by atoms with Gasteiger partial charge in [0.25, 0.3) is 5.91 Å². The van der Waals surface area contributed by atoms with Crippen LogP contribution in [-0.2, 0) is 16.1 Å². The van der Waals surface area contributed by atoms with Gasteiger partial charge in [-0.25, -0.2) is 4.79 Å². The van der Waals surface area contributed by atoms with Crippen molar-refractivity contribution in [2.45, 2.75) is 63.1 Å². The minimum atomic E-state index is -0.703. The summed E-state index contributed by atoms with van der Waals surface area (Å²) in [6.45, 7) is 2.98. The summed E-state index contributed by atoms with van der Waals surface area (Å²) in [7, 11) is 1.60. The van der Waals surface area contributed by atoms with Gasteiger partial charge in [0.15, 0.2) is 0 Å². The predicted octanol–water partition coefficient (Wildman–Crippen LogP) is 3.26. The number of piperidine rings is 1. The maximum Gasteiger partial charge on any atom is 0.328 e. The summed E-state index contributed by atoms with van der Waals surface area (Å²) in [4.78, 5) is 32.6. The molecule has 2 aliphatic heterocycles. The highest BCUT2D eigenvalue weighted by atomic mass is 16.5. The Kier molecular flexibility index (Phi) is 6.20. The average molecular weight is 400 g/mol. The first-order valence-electron chi connectivity index (χ1n) is 11.1. The van der Waals surface area contributed by atoms with Gasteiger partial charge in [0, 0.05) is 32.8 Å². The summed E-state index contributed by atoms with van der Waals surface area (Å²) >= 11 is 0. The van der Waals surface area contributed by atoms with Crippen LogP contribution in [0.25, 0.3) is 0 Å². The number of hydrogen-bond donors (Lipinski definition) is 0. The molecular weight excluding hydrogens is 366 g/mol. The quantitative estimate of drug-likeness (QED) is 0.689. The minimum absolute atomic E-state index is 0.0289. The smallest absolute Gasteiger partial charge is 0.328 e. The first-order chi connectivity index (χ1) is 14.2. The molecule has 1 aromatic carbocycles. The molecule has 4 rings (SSSR count). The van der Waals surface area contributed by atoms with Crippen molar-refractivity contribution in [3.8, 4) is 0 Å². The van der Waals surface area contributed by atoms with E-state index in [0.29, 0.717) is 25.7 Å². The van der Waals surface area contributed by atoms with E-state index in [1.165, 1.54) is 37.0 Å². The van der Waals surface area contributed by atoms with Gasteiger partial charge in [0.1, 0.15) is 5.54 Å². The third-order valence-corrected chi connectivity index (χ3v) is 7.04. The molecule has 158 valence electrons. The van der Waals surface area contributed by atoms with Gasteiger partial charge in [0.05, 0.1) is 13.2 Å². The van der Waals surface area contributed by atoms with E-state index >= 15 is 0 Å². The normalized spacial score (nSPS) is 23.3. The SMILES string of the molecule is COCCN1C(=O)N(Cc2ccccc2)C2(CCN(C3CCCCC3)CC2)C1=O. The molecule has 0 atom stereocenters. The Bertz CT molecular complexity index is 709. The van der Waals surface area contributed by atoms with E-state index in [1.54, 1.807) is 7.11 Å². The zero-order valence-corrected chi connectivity index (χ0v) is 17.5. The number of nitrogens with zero attached hydrogens (tertiary/aromatic N) is 3. The summed E-state index contributed by atoms with van der Waals surface area (Å²) in [6.07, 6.45) is 7.97. The van der Waals surface area contributed by atoms with Crippen LogP contribution in [-0.4, -0.2) is 71.6 Å². The van der Waals surface area contributed by atoms with Crippen molar-refractivity contribution < 1.29 is 14.3 Å². The molecule has 0 aromatic heterocycles. The molecule has 29 heavy (non-hydrogen) atoms. The fourth-order valence-corrected chi connectivity index (χ4v) is 5.34. The van der Waals surface area contributed by atoms with Gasteiger partial charge in [-0.05, 0) is 31.2 Å².